The zero-order valence-corrected chi connectivity index (χ0v) is 9.90. The molecular weight excluding hydrogens is 210 g/mol. The van der Waals surface area contributed by atoms with Crippen molar-refractivity contribution < 1.29 is 4.79 Å². The summed E-state index contributed by atoms with van der Waals surface area (Å²) in [4.78, 5) is 11.2. The quantitative estimate of drug-likeness (QED) is 0.720. The van der Waals surface area contributed by atoms with Gasteiger partial charge in [0.25, 0.3) is 0 Å². The first-order valence-corrected chi connectivity index (χ1v) is 5.38. The molecule has 0 bridgehead atoms. The SMILES string of the molecule is CC(C)(C)c1cc2c(cc1Cl)NC(=O)C2. The van der Waals surface area contributed by atoms with E-state index >= 15 is 0 Å². The molecule has 1 aromatic carbocycles. The van der Waals surface area contributed by atoms with E-state index in [4.69, 9.17) is 11.6 Å². The average molecular weight is 224 g/mol. The van der Waals surface area contributed by atoms with Crippen LogP contribution in [0.1, 0.15) is 31.9 Å². The predicted molar refractivity (Wildman–Crippen MR) is 62.5 cm³/mol. The highest BCUT2D eigenvalue weighted by atomic mass is 35.5. The lowest BCUT2D eigenvalue weighted by atomic mass is 9.86. The average Bonchev–Trinajstić information content (AvgIpc) is 2.40. The van der Waals surface area contributed by atoms with Crippen LogP contribution in [0, 0.1) is 0 Å². The third-order valence-corrected chi connectivity index (χ3v) is 2.94. The van der Waals surface area contributed by atoms with Crippen LogP contribution >= 0.6 is 11.6 Å². The topological polar surface area (TPSA) is 29.1 Å². The van der Waals surface area contributed by atoms with E-state index in [0.717, 1.165) is 21.8 Å². The van der Waals surface area contributed by atoms with E-state index in [1.807, 2.05) is 12.1 Å². The zero-order chi connectivity index (χ0) is 11.2. The second-order valence-electron chi connectivity index (χ2n) is 4.96. The van der Waals surface area contributed by atoms with Gasteiger partial charge in [0, 0.05) is 10.7 Å². The molecule has 1 amide bonds. The van der Waals surface area contributed by atoms with Crippen LogP contribution in [0.4, 0.5) is 5.69 Å². The first kappa shape index (κ1) is 10.5. The van der Waals surface area contributed by atoms with Crippen LogP contribution in [-0.2, 0) is 16.6 Å². The van der Waals surface area contributed by atoms with Gasteiger partial charge in [0.2, 0.25) is 5.91 Å². The highest BCUT2D eigenvalue weighted by molar-refractivity contribution is 6.32. The van der Waals surface area contributed by atoms with Gasteiger partial charge in [0.15, 0.2) is 0 Å². The summed E-state index contributed by atoms with van der Waals surface area (Å²) in [6.45, 7) is 6.35. The van der Waals surface area contributed by atoms with E-state index in [-0.39, 0.29) is 11.3 Å². The number of nitrogens with one attached hydrogen (secondary N) is 1. The molecule has 1 aliphatic heterocycles. The molecular formula is C12H14ClNO. The van der Waals surface area contributed by atoms with Crippen LogP contribution in [-0.4, -0.2) is 5.91 Å². The second-order valence-corrected chi connectivity index (χ2v) is 5.37. The van der Waals surface area contributed by atoms with Gasteiger partial charge in [-0.25, -0.2) is 0 Å². The number of carbonyl (C=O) groups excluding carboxylic acids is 1. The number of anilines is 1. The van der Waals surface area contributed by atoms with E-state index in [1.165, 1.54) is 0 Å². The zero-order valence-electron chi connectivity index (χ0n) is 9.15. The highest BCUT2D eigenvalue weighted by Crippen LogP contribution is 2.35. The smallest absolute Gasteiger partial charge is 0.228 e. The van der Waals surface area contributed by atoms with Crippen LogP contribution in [0.5, 0.6) is 0 Å². The van der Waals surface area contributed by atoms with Crippen LogP contribution in [0.25, 0.3) is 0 Å². The Morgan fingerprint density at radius 1 is 1.33 bits per heavy atom. The Kier molecular flexibility index (Phi) is 2.27. The number of halogens is 1. The minimum atomic E-state index is 0.0117. The lowest BCUT2D eigenvalue weighted by Crippen LogP contribution is -2.12. The third-order valence-electron chi connectivity index (χ3n) is 2.63. The molecule has 3 heteroatoms. The normalized spacial score (nSPS) is 15.1. The molecule has 0 atom stereocenters. The summed E-state index contributed by atoms with van der Waals surface area (Å²) in [5.41, 5.74) is 3.02. The van der Waals surface area contributed by atoms with E-state index in [2.05, 4.69) is 26.1 Å². The van der Waals surface area contributed by atoms with Gasteiger partial charge in [0.1, 0.15) is 0 Å². The molecule has 0 radical (unpaired) electrons. The maximum absolute atomic E-state index is 11.2. The Labute approximate surface area is 94.6 Å². The summed E-state index contributed by atoms with van der Waals surface area (Å²) < 4.78 is 0. The number of benzene rings is 1. The fourth-order valence-corrected chi connectivity index (χ4v) is 2.27. The Morgan fingerprint density at radius 3 is 2.60 bits per heavy atom. The van der Waals surface area contributed by atoms with Crippen molar-refractivity contribution in [2.24, 2.45) is 0 Å². The van der Waals surface area contributed by atoms with Gasteiger partial charge in [-0.3, -0.25) is 4.79 Å². The third kappa shape index (κ3) is 1.86. The fraction of sp³-hybridized carbons (Fsp3) is 0.417. The summed E-state index contributed by atoms with van der Waals surface area (Å²) in [6.07, 6.45) is 0.468. The minimum absolute atomic E-state index is 0.0117. The van der Waals surface area contributed by atoms with Crippen molar-refractivity contribution >= 4 is 23.2 Å². The lowest BCUT2D eigenvalue weighted by Gasteiger charge is -2.21. The van der Waals surface area contributed by atoms with Crippen molar-refractivity contribution in [2.45, 2.75) is 32.6 Å². The van der Waals surface area contributed by atoms with E-state index in [9.17, 15) is 4.79 Å². The summed E-state index contributed by atoms with van der Waals surface area (Å²) in [5, 5.41) is 3.52. The van der Waals surface area contributed by atoms with Crippen molar-refractivity contribution in [3.63, 3.8) is 0 Å². The Hall–Kier alpha value is -1.02. The molecule has 1 N–H and O–H groups in total. The number of carbonyl (C=O) groups is 1. The summed E-state index contributed by atoms with van der Waals surface area (Å²) in [7, 11) is 0. The molecule has 1 heterocycles. The van der Waals surface area contributed by atoms with Gasteiger partial charge in [-0.05, 0) is 22.6 Å². The van der Waals surface area contributed by atoms with Gasteiger partial charge in [-0.15, -0.1) is 0 Å². The number of fused-ring (bicyclic) bond motifs is 1. The molecule has 1 aromatic rings. The minimum Gasteiger partial charge on any atom is -0.325 e. The van der Waals surface area contributed by atoms with Gasteiger partial charge >= 0.3 is 0 Å². The first-order valence-electron chi connectivity index (χ1n) is 5.00. The van der Waals surface area contributed by atoms with Crippen molar-refractivity contribution in [3.8, 4) is 0 Å². The van der Waals surface area contributed by atoms with Crippen molar-refractivity contribution in [1.29, 1.82) is 0 Å². The molecule has 1 aliphatic rings. The predicted octanol–water partition coefficient (Wildman–Crippen LogP) is 3.13. The maximum Gasteiger partial charge on any atom is 0.228 e. The van der Waals surface area contributed by atoms with Crippen LogP contribution in [0.2, 0.25) is 5.02 Å². The standard InChI is InChI=1S/C12H14ClNO/c1-12(2,3)8-4-7-5-11(15)14-10(7)6-9(8)13/h4,6H,5H2,1-3H3,(H,14,15). The van der Waals surface area contributed by atoms with Crippen molar-refractivity contribution in [1.82, 2.24) is 0 Å². The van der Waals surface area contributed by atoms with Gasteiger partial charge < -0.3 is 5.32 Å². The number of hydrogen-bond acceptors (Lipinski definition) is 1. The molecule has 0 aromatic heterocycles. The van der Waals surface area contributed by atoms with Gasteiger partial charge in [-0.2, -0.15) is 0 Å². The molecule has 0 saturated carbocycles. The summed E-state index contributed by atoms with van der Waals surface area (Å²) >= 11 is 6.19. The molecule has 0 saturated heterocycles. The molecule has 80 valence electrons. The molecule has 15 heavy (non-hydrogen) atoms. The lowest BCUT2D eigenvalue weighted by molar-refractivity contribution is -0.115. The van der Waals surface area contributed by atoms with Crippen LogP contribution < -0.4 is 5.32 Å². The van der Waals surface area contributed by atoms with E-state index in [1.54, 1.807) is 0 Å². The number of amides is 1. The van der Waals surface area contributed by atoms with Crippen LogP contribution in [0.15, 0.2) is 12.1 Å². The van der Waals surface area contributed by atoms with Crippen LogP contribution in [0.3, 0.4) is 0 Å². The second kappa shape index (κ2) is 3.24. The molecule has 0 fully saturated rings. The Balaban J connectivity index is 2.54. The van der Waals surface area contributed by atoms with E-state index < -0.39 is 0 Å². The monoisotopic (exact) mass is 223 g/mol. The van der Waals surface area contributed by atoms with Gasteiger partial charge in [-0.1, -0.05) is 38.4 Å². The van der Waals surface area contributed by atoms with Crippen molar-refractivity contribution in [2.75, 3.05) is 5.32 Å². The summed E-state index contributed by atoms with van der Waals surface area (Å²) in [6, 6.07) is 3.89. The Morgan fingerprint density at radius 2 is 2.00 bits per heavy atom. The molecule has 2 nitrogen and oxygen atoms in total. The molecule has 0 spiro atoms. The highest BCUT2D eigenvalue weighted by Gasteiger charge is 2.24. The van der Waals surface area contributed by atoms with Gasteiger partial charge in [0.05, 0.1) is 6.42 Å². The maximum atomic E-state index is 11.2. The Bertz CT molecular complexity index is 432. The molecule has 2 rings (SSSR count). The molecule has 0 unspecified atom stereocenters. The van der Waals surface area contributed by atoms with E-state index in [0.29, 0.717) is 6.42 Å². The first-order chi connectivity index (χ1) is 6.88. The number of hydrogen-bond donors (Lipinski definition) is 1. The largest absolute Gasteiger partial charge is 0.325 e. The molecule has 0 aliphatic carbocycles. The van der Waals surface area contributed by atoms with Crippen molar-refractivity contribution in [3.05, 3.63) is 28.3 Å². The summed E-state index contributed by atoms with van der Waals surface area (Å²) in [5.74, 6) is 0.0483. The number of rotatable bonds is 0. The fourth-order valence-electron chi connectivity index (χ4n) is 1.82.